The predicted molar refractivity (Wildman–Crippen MR) is 47.3 cm³/mol. The Labute approximate surface area is 77.5 Å². The highest BCUT2D eigenvalue weighted by Crippen LogP contribution is 2.21. The summed E-state index contributed by atoms with van der Waals surface area (Å²) >= 11 is 0. The first-order valence-corrected chi connectivity index (χ1v) is 4.66. The second kappa shape index (κ2) is 4.25. The van der Waals surface area contributed by atoms with E-state index in [9.17, 15) is 9.59 Å². The zero-order valence-electron chi connectivity index (χ0n) is 7.82. The fraction of sp³-hybridized carbons (Fsp3) is 0.778. The molecule has 0 unspecified atom stereocenters. The summed E-state index contributed by atoms with van der Waals surface area (Å²) < 4.78 is 0. The standard InChI is InChI=1S/C9H15NO3/c1-2-5-10-7(6-9(12)13)3-4-8(10)11/h7H,2-6H2,1H3,(H,12,13)/t7-/m1/s1. The molecular weight excluding hydrogens is 170 g/mol. The van der Waals surface area contributed by atoms with Crippen LogP contribution in [0, 0.1) is 0 Å². The topological polar surface area (TPSA) is 57.6 Å². The van der Waals surface area contributed by atoms with E-state index >= 15 is 0 Å². The molecule has 1 aliphatic rings. The molecule has 0 radical (unpaired) electrons. The highest BCUT2D eigenvalue weighted by atomic mass is 16.4. The lowest BCUT2D eigenvalue weighted by Gasteiger charge is -2.22. The number of nitrogens with zero attached hydrogens (tertiary/aromatic N) is 1. The molecule has 0 spiro atoms. The van der Waals surface area contributed by atoms with E-state index < -0.39 is 5.97 Å². The first-order valence-electron chi connectivity index (χ1n) is 4.66. The molecule has 0 aromatic heterocycles. The third-order valence-corrected chi connectivity index (χ3v) is 2.33. The summed E-state index contributed by atoms with van der Waals surface area (Å²) in [5, 5.41) is 8.61. The molecule has 13 heavy (non-hydrogen) atoms. The minimum absolute atomic E-state index is 0.0649. The highest BCUT2D eigenvalue weighted by molar-refractivity contribution is 5.80. The second-order valence-electron chi connectivity index (χ2n) is 3.38. The van der Waals surface area contributed by atoms with Gasteiger partial charge in [0.25, 0.3) is 0 Å². The summed E-state index contributed by atoms with van der Waals surface area (Å²) in [4.78, 5) is 23.5. The minimum Gasteiger partial charge on any atom is -0.481 e. The Morgan fingerprint density at radius 2 is 2.38 bits per heavy atom. The number of likely N-dealkylation sites (tertiary alicyclic amines) is 1. The van der Waals surface area contributed by atoms with Crippen LogP contribution in [-0.2, 0) is 9.59 Å². The van der Waals surface area contributed by atoms with Gasteiger partial charge in [0, 0.05) is 19.0 Å². The Morgan fingerprint density at radius 1 is 1.69 bits per heavy atom. The van der Waals surface area contributed by atoms with Crippen LogP contribution in [0.4, 0.5) is 0 Å². The van der Waals surface area contributed by atoms with Gasteiger partial charge in [-0.05, 0) is 12.8 Å². The van der Waals surface area contributed by atoms with Gasteiger partial charge >= 0.3 is 5.97 Å². The van der Waals surface area contributed by atoms with Crippen LogP contribution >= 0.6 is 0 Å². The Balaban J connectivity index is 2.53. The van der Waals surface area contributed by atoms with E-state index in [0.29, 0.717) is 19.4 Å². The van der Waals surface area contributed by atoms with E-state index in [1.807, 2.05) is 6.92 Å². The fourth-order valence-corrected chi connectivity index (χ4v) is 1.76. The molecule has 0 aromatic carbocycles. The smallest absolute Gasteiger partial charge is 0.305 e. The summed E-state index contributed by atoms with van der Waals surface area (Å²) in [6.45, 7) is 2.68. The van der Waals surface area contributed by atoms with Crippen molar-refractivity contribution < 1.29 is 14.7 Å². The summed E-state index contributed by atoms with van der Waals surface area (Å²) in [6, 6.07) is -0.0649. The summed E-state index contributed by atoms with van der Waals surface area (Å²) in [5.41, 5.74) is 0. The molecule has 1 atom stereocenters. The third kappa shape index (κ3) is 2.44. The lowest BCUT2D eigenvalue weighted by molar-refractivity contribution is -0.138. The van der Waals surface area contributed by atoms with Crippen molar-refractivity contribution in [3.63, 3.8) is 0 Å². The van der Waals surface area contributed by atoms with Crippen LogP contribution in [-0.4, -0.2) is 34.5 Å². The SMILES string of the molecule is CCCN1C(=O)CC[C@@H]1CC(=O)O. The maximum absolute atomic E-state index is 11.3. The lowest BCUT2D eigenvalue weighted by Crippen LogP contribution is -2.35. The van der Waals surface area contributed by atoms with Crippen molar-refractivity contribution in [2.75, 3.05) is 6.54 Å². The van der Waals surface area contributed by atoms with Crippen molar-refractivity contribution in [3.05, 3.63) is 0 Å². The molecule has 0 aliphatic carbocycles. The Hall–Kier alpha value is -1.06. The van der Waals surface area contributed by atoms with Gasteiger partial charge in [0.15, 0.2) is 0 Å². The van der Waals surface area contributed by atoms with E-state index in [1.165, 1.54) is 0 Å². The average molecular weight is 185 g/mol. The highest BCUT2D eigenvalue weighted by Gasteiger charge is 2.31. The first kappa shape index (κ1) is 10.0. The van der Waals surface area contributed by atoms with Crippen LogP contribution in [0.3, 0.4) is 0 Å². The quantitative estimate of drug-likeness (QED) is 0.706. The number of amides is 1. The number of rotatable bonds is 4. The molecule has 74 valence electrons. The van der Waals surface area contributed by atoms with Crippen LogP contribution in [0.1, 0.15) is 32.6 Å². The van der Waals surface area contributed by atoms with E-state index in [2.05, 4.69) is 0 Å². The van der Waals surface area contributed by atoms with Crippen molar-refractivity contribution in [3.8, 4) is 0 Å². The molecule has 0 saturated carbocycles. The Kier molecular flexibility index (Phi) is 3.28. The number of aliphatic carboxylic acids is 1. The molecule has 4 nitrogen and oxygen atoms in total. The molecular formula is C9H15NO3. The van der Waals surface area contributed by atoms with Gasteiger partial charge in [0.05, 0.1) is 6.42 Å². The number of hydrogen-bond donors (Lipinski definition) is 1. The molecule has 1 rings (SSSR count). The van der Waals surface area contributed by atoms with Crippen LogP contribution in [0.5, 0.6) is 0 Å². The molecule has 4 heteroatoms. The van der Waals surface area contributed by atoms with Crippen LogP contribution in [0.15, 0.2) is 0 Å². The molecule has 1 heterocycles. The number of hydrogen-bond acceptors (Lipinski definition) is 2. The third-order valence-electron chi connectivity index (χ3n) is 2.33. The number of carbonyl (C=O) groups excluding carboxylic acids is 1. The van der Waals surface area contributed by atoms with Gasteiger partial charge in [-0.1, -0.05) is 6.92 Å². The number of carbonyl (C=O) groups is 2. The van der Waals surface area contributed by atoms with Crippen LogP contribution in [0.25, 0.3) is 0 Å². The minimum atomic E-state index is -0.819. The summed E-state index contributed by atoms with van der Waals surface area (Å²) in [5.74, 6) is -0.714. The number of carboxylic acid groups (broad SMARTS) is 1. The van der Waals surface area contributed by atoms with Gasteiger partial charge in [-0.15, -0.1) is 0 Å². The number of carboxylic acids is 1. The molecule has 1 N–H and O–H groups in total. The second-order valence-corrected chi connectivity index (χ2v) is 3.38. The monoisotopic (exact) mass is 185 g/mol. The summed E-state index contributed by atoms with van der Waals surface area (Å²) in [7, 11) is 0. The molecule has 1 aliphatic heterocycles. The Morgan fingerprint density at radius 3 is 2.92 bits per heavy atom. The van der Waals surface area contributed by atoms with Crippen molar-refractivity contribution in [2.24, 2.45) is 0 Å². The molecule has 0 aromatic rings. The maximum Gasteiger partial charge on any atom is 0.305 e. The largest absolute Gasteiger partial charge is 0.481 e. The van der Waals surface area contributed by atoms with E-state index in [0.717, 1.165) is 6.42 Å². The predicted octanol–water partition coefficient (Wildman–Crippen LogP) is 0.862. The molecule has 1 amide bonds. The van der Waals surface area contributed by atoms with E-state index in [1.54, 1.807) is 4.90 Å². The maximum atomic E-state index is 11.3. The van der Waals surface area contributed by atoms with Gasteiger partial charge in [0.1, 0.15) is 0 Å². The van der Waals surface area contributed by atoms with Gasteiger partial charge in [-0.25, -0.2) is 0 Å². The zero-order chi connectivity index (χ0) is 9.84. The van der Waals surface area contributed by atoms with Gasteiger partial charge in [-0.3, -0.25) is 9.59 Å². The average Bonchev–Trinajstić information content (AvgIpc) is 2.35. The normalized spacial score (nSPS) is 22.4. The van der Waals surface area contributed by atoms with Crippen LogP contribution < -0.4 is 0 Å². The first-order chi connectivity index (χ1) is 6.15. The van der Waals surface area contributed by atoms with Crippen molar-refractivity contribution >= 4 is 11.9 Å². The van der Waals surface area contributed by atoms with Crippen LogP contribution in [0.2, 0.25) is 0 Å². The molecule has 0 bridgehead atoms. The molecule has 1 saturated heterocycles. The van der Waals surface area contributed by atoms with Gasteiger partial charge in [-0.2, -0.15) is 0 Å². The Bertz CT molecular complexity index is 215. The van der Waals surface area contributed by atoms with E-state index in [4.69, 9.17) is 5.11 Å². The van der Waals surface area contributed by atoms with Crippen molar-refractivity contribution in [1.29, 1.82) is 0 Å². The van der Waals surface area contributed by atoms with Crippen molar-refractivity contribution in [1.82, 2.24) is 4.90 Å². The van der Waals surface area contributed by atoms with E-state index in [-0.39, 0.29) is 18.4 Å². The fourth-order valence-electron chi connectivity index (χ4n) is 1.76. The summed E-state index contributed by atoms with van der Waals surface area (Å²) in [6.07, 6.45) is 2.19. The van der Waals surface area contributed by atoms with Crippen molar-refractivity contribution in [2.45, 2.75) is 38.6 Å². The van der Waals surface area contributed by atoms with Gasteiger partial charge in [0.2, 0.25) is 5.91 Å². The lowest BCUT2D eigenvalue weighted by atomic mass is 10.1. The van der Waals surface area contributed by atoms with Gasteiger partial charge < -0.3 is 10.0 Å². The molecule has 1 fully saturated rings. The zero-order valence-corrected chi connectivity index (χ0v) is 7.82.